The molecule has 6 nitrogen and oxygen atoms in total. The number of likely N-dealkylation sites (N-methyl/N-ethyl adjacent to an activating group) is 1. The molecule has 0 bridgehead atoms. The molecule has 0 unspecified atom stereocenters. The second kappa shape index (κ2) is 8.64. The molecule has 144 valence electrons. The van der Waals surface area contributed by atoms with Crippen molar-refractivity contribution in [2.45, 2.75) is 4.90 Å². The maximum absolute atomic E-state index is 12.7. The highest BCUT2D eigenvalue weighted by Gasteiger charge is 2.23. The largest absolute Gasteiger partial charge is 0.272 e. The Morgan fingerprint density at radius 3 is 2.57 bits per heavy atom. The van der Waals surface area contributed by atoms with E-state index in [1.54, 1.807) is 12.1 Å². The molecular weight excluding hydrogens is 442 g/mol. The van der Waals surface area contributed by atoms with Crippen LogP contribution in [0.15, 0.2) is 81.2 Å². The molecule has 0 heterocycles. The van der Waals surface area contributed by atoms with E-state index in [2.05, 4.69) is 26.5 Å². The number of benzene rings is 3. The van der Waals surface area contributed by atoms with Gasteiger partial charge in [-0.3, -0.25) is 4.79 Å². The molecule has 0 radical (unpaired) electrons. The molecule has 0 saturated heterocycles. The Hall–Kier alpha value is -2.55. The van der Waals surface area contributed by atoms with E-state index in [0.29, 0.717) is 0 Å². The third-order valence-electron chi connectivity index (χ3n) is 4.05. The van der Waals surface area contributed by atoms with Gasteiger partial charge in [0.05, 0.1) is 17.7 Å². The summed E-state index contributed by atoms with van der Waals surface area (Å²) in [5.41, 5.74) is 3.14. The zero-order valence-electron chi connectivity index (χ0n) is 15.0. The smallest absolute Gasteiger partial charge is 0.255 e. The number of fused-ring (bicyclic) bond motifs is 1. The lowest BCUT2D eigenvalue weighted by Crippen LogP contribution is -2.36. The van der Waals surface area contributed by atoms with Crippen molar-refractivity contribution in [2.24, 2.45) is 5.10 Å². The Labute approximate surface area is 172 Å². The number of nitrogens with one attached hydrogen (secondary N) is 1. The van der Waals surface area contributed by atoms with E-state index in [1.165, 1.54) is 19.3 Å². The third-order valence-corrected chi connectivity index (χ3v) is 6.34. The predicted octanol–water partition coefficient (Wildman–Crippen LogP) is 3.37. The topological polar surface area (TPSA) is 78.8 Å². The second-order valence-electron chi connectivity index (χ2n) is 6.12. The van der Waals surface area contributed by atoms with Gasteiger partial charge in [0.15, 0.2) is 0 Å². The SMILES string of the molecule is CN(CC(=O)N/N=C\c1cccc(Br)c1)S(=O)(=O)c1ccc2ccccc2c1. The molecule has 0 fully saturated rings. The van der Waals surface area contributed by atoms with Crippen LogP contribution < -0.4 is 5.43 Å². The summed E-state index contributed by atoms with van der Waals surface area (Å²) in [6.07, 6.45) is 1.49. The fraction of sp³-hybridized carbons (Fsp3) is 0.100. The van der Waals surface area contributed by atoms with Gasteiger partial charge >= 0.3 is 0 Å². The maximum atomic E-state index is 12.7. The van der Waals surface area contributed by atoms with Crippen molar-refractivity contribution < 1.29 is 13.2 Å². The fourth-order valence-electron chi connectivity index (χ4n) is 2.60. The molecule has 0 aromatic heterocycles. The van der Waals surface area contributed by atoms with Crippen molar-refractivity contribution in [2.75, 3.05) is 13.6 Å². The van der Waals surface area contributed by atoms with Gasteiger partial charge in [0, 0.05) is 11.5 Å². The van der Waals surface area contributed by atoms with Gasteiger partial charge in [0.2, 0.25) is 10.0 Å². The number of hydrogen-bond donors (Lipinski definition) is 1. The molecule has 0 atom stereocenters. The molecule has 3 rings (SSSR count). The Bertz CT molecular complexity index is 1150. The number of rotatable bonds is 6. The predicted molar refractivity (Wildman–Crippen MR) is 114 cm³/mol. The Kier molecular flexibility index (Phi) is 6.23. The number of sulfonamides is 1. The summed E-state index contributed by atoms with van der Waals surface area (Å²) in [7, 11) is -2.43. The Morgan fingerprint density at radius 1 is 1.07 bits per heavy atom. The molecule has 3 aromatic rings. The van der Waals surface area contributed by atoms with Crippen LogP contribution in [0, 0.1) is 0 Å². The number of hydrazone groups is 1. The van der Waals surface area contributed by atoms with Crippen LogP contribution >= 0.6 is 15.9 Å². The summed E-state index contributed by atoms with van der Waals surface area (Å²) in [6, 6.07) is 19.8. The zero-order chi connectivity index (χ0) is 20.1. The van der Waals surface area contributed by atoms with Gasteiger partial charge in [-0.15, -0.1) is 0 Å². The van der Waals surface area contributed by atoms with Crippen molar-refractivity contribution in [3.8, 4) is 0 Å². The summed E-state index contributed by atoms with van der Waals surface area (Å²) in [6.45, 7) is -0.342. The first-order valence-electron chi connectivity index (χ1n) is 8.39. The normalized spacial score (nSPS) is 12.0. The van der Waals surface area contributed by atoms with Gasteiger partial charge in [-0.1, -0.05) is 58.4 Å². The van der Waals surface area contributed by atoms with Crippen LogP contribution in [-0.2, 0) is 14.8 Å². The van der Waals surface area contributed by atoms with Gasteiger partial charge in [0.25, 0.3) is 5.91 Å². The minimum absolute atomic E-state index is 0.138. The molecule has 1 N–H and O–H groups in total. The van der Waals surface area contributed by atoms with Gasteiger partial charge in [0.1, 0.15) is 0 Å². The monoisotopic (exact) mass is 459 g/mol. The van der Waals surface area contributed by atoms with Gasteiger partial charge in [-0.25, -0.2) is 13.8 Å². The number of carbonyl (C=O) groups is 1. The summed E-state index contributed by atoms with van der Waals surface area (Å²) in [4.78, 5) is 12.2. The first-order valence-corrected chi connectivity index (χ1v) is 10.6. The van der Waals surface area contributed by atoms with Crippen molar-refractivity contribution in [3.05, 3.63) is 76.8 Å². The lowest BCUT2D eigenvalue weighted by atomic mass is 10.1. The minimum atomic E-state index is -3.79. The van der Waals surface area contributed by atoms with E-state index in [-0.39, 0.29) is 11.4 Å². The molecular formula is C20H18BrN3O3S. The molecule has 0 aliphatic rings. The number of carbonyl (C=O) groups excluding carboxylic acids is 1. The first-order chi connectivity index (χ1) is 13.4. The highest BCUT2D eigenvalue weighted by Crippen LogP contribution is 2.21. The molecule has 0 spiro atoms. The standard InChI is InChI=1S/C20H18BrN3O3S/c1-24(14-20(25)23-22-13-15-5-4-8-18(21)11-15)28(26,27)19-10-9-16-6-2-3-7-17(16)12-19/h2-13H,14H2,1H3,(H,23,25)/b22-13-. The van der Waals surface area contributed by atoms with Gasteiger partial charge < -0.3 is 0 Å². The van der Waals surface area contributed by atoms with E-state index < -0.39 is 15.9 Å². The Morgan fingerprint density at radius 2 is 1.82 bits per heavy atom. The number of halogens is 1. The van der Waals surface area contributed by atoms with Crippen LogP contribution in [0.1, 0.15) is 5.56 Å². The molecule has 0 aliphatic heterocycles. The quantitative estimate of drug-likeness (QED) is 0.453. The second-order valence-corrected chi connectivity index (χ2v) is 9.08. The molecule has 1 amide bonds. The average molecular weight is 460 g/mol. The summed E-state index contributed by atoms with van der Waals surface area (Å²) in [5, 5.41) is 5.63. The molecule has 28 heavy (non-hydrogen) atoms. The maximum Gasteiger partial charge on any atom is 0.255 e. The highest BCUT2D eigenvalue weighted by atomic mass is 79.9. The lowest BCUT2D eigenvalue weighted by molar-refractivity contribution is -0.121. The summed E-state index contributed by atoms with van der Waals surface area (Å²) < 4.78 is 27.4. The number of nitrogens with zero attached hydrogens (tertiary/aromatic N) is 2. The van der Waals surface area contributed by atoms with E-state index in [0.717, 1.165) is 25.1 Å². The number of amides is 1. The zero-order valence-corrected chi connectivity index (χ0v) is 17.4. The Balaban J connectivity index is 1.66. The molecule has 3 aromatic carbocycles. The van der Waals surface area contributed by atoms with Crippen LogP contribution in [-0.4, -0.2) is 38.4 Å². The third kappa shape index (κ3) is 4.83. The van der Waals surface area contributed by atoms with Crippen molar-refractivity contribution in [3.63, 3.8) is 0 Å². The minimum Gasteiger partial charge on any atom is -0.272 e. The van der Waals surface area contributed by atoms with E-state index >= 15 is 0 Å². The lowest BCUT2D eigenvalue weighted by Gasteiger charge is -2.16. The number of hydrogen-bond acceptors (Lipinski definition) is 4. The fourth-order valence-corrected chi connectivity index (χ4v) is 4.18. The van der Waals surface area contributed by atoms with Crippen LogP contribution in [0.2, 0.25) is 0 Å². The van der Waals surface area contributed by atoms with E-state index in [4.69, 9.17) is 0 Å². The van der Waals surface area contributed by atoms with Crippen molar-refractivity contribution in [1.82, 2.24) is 9.73 Å². The van der Waals surface area contributed by atoms with Crippen molar-refractivity contribution >= 4 is 48.8 Å². The van der Waals surface area contributed by atoms with E-state index in [9.17, 15) is 13.2 Å². The van der Waals surface area contributed by atoms with Crippen LogP contribution in [0.5, 0.6) is 0 Å². The van der Waals surface area contributed by atoms with Crippen molar-refractivity contribution in [1.29, 1.82) is 0 Å². The van der Waals surface area contributed by atoms with E-state index in [1.807, 2.05) is 48.5 Å². The van der Waals surface area contributed by atoms with Gasteiger partial charge in [-0.2, -0.15) is 9.41 Å². The summed E-state index contributed by atoms with van der Waals surface area (Å²) in [5.74, 6) is -0.530. The van der Waals surface area contributed by atoms with Gasteiger partial charge in [-0.05, 0) is 40.6 Å². The molecule has 0 saturated carbocycles. The average Bonchev–Trinajstić information content (AvgIpc) is 2.67. The molecule has 0 aliphatic carbocycles. The highest BCUT2D eigenvalue weighted by molar-refractivity contribution is 9.10. The van der Waals surface area contributed by atoms with Crippen LogP contribution in [0.4, 0.5) is 0 Å². The van der Waals surface area contributed by atoms with Crippen LogP contribution in [0.3, 0.4) is 0 Å². The first kappa shape index (κ1) is 20.2. The molecule has 8 heteroatoms. The summed E-state index contributed by atoms with van der Waals surface area (Å²) >= 11 is 3.35. The van der Waals surface area contributed by atoms with Crippen LogP contribution in [0.25, 0.3) is 10.8 Å².